The number of carboxylic acids is 1. The number of nitrogens with one attached hydrogen (secondary N) is 1. The van der Waals surface area contributed by atoms with E-state index in [4.69, 9.17) is 9.84 Å². The van der Waals surface area contributed by atoms with Gasteiger partial charge in [-0.05, 0) is 42.7 Å². The van der Waals surface area contributed by atoms with Gasteiger partial charge in [0.25, 0.3) is 0 Å². The first kappa shape index (κ1) is 19.6. The van der Waals surface area contributed by atoms with Crippen LogP contribution in [0.3, 0.4) is 0 Å². The van der Waals surface area contributed by atoms with Crippen LogP contribution in [0, 0.1) is 0 Å². The minimum Gasteiger partial charge on any atom is -0.480 e. The quantitative estimate of drug-likeness (QED) is 0.526. The van der Waals surface area contributed by atoms with Crippen LogP contribution in [0.15, 0.2) is 60.8 Å². The van der Waals surface area contributed by atoms with Gasteiger partial charge in [-0.15, -0.1) is 0 Å². The van der Waals surface area contributed by atoms with Crippen molar-refractivity contribution >= 4 is 28.5 Å². The van der Waals surface area contributed by atoms with Crippen LogP contribution in [0.5, 0.6) is 0 Å². The Hall–Kier alpha value is -3.12. The van der Waals surface area contributed by atoms with E-state index in [1.165, 1.54) is 5.56 Å². The Kier molecular flexibility index (Phi) is 6.81. The Bertz CT molecular complexity index is 934. The van der Waals surface area contributed by atoms with Crippen LogP contribution < -0.4 is 5.32 Å². The molecule has 0 unspecified atom stereocenters. The van der Waals surface area contributed by atoms with E-state index in [-0.39, 0.29) is 12.5 Å². The van der Waals surface area contributed by atoms with Gasteiger partial charge >= 0.3 is 5.97 Å². The summed E-state index contributed by atoms with van der Waals surface area (Å²) in [6, 6.07) is 17.5. The maximum absolute atomic E-state index is 12.1. The van der Waals surface area contributed by atoms with Gasteiger partial charge in [-0.1, -0.05) is 30.3 Å². The first-order valence-corrected chi connectivity index (χ1v) is 9.34. The number of carbonyl (C=O) groups excluding carboxylic acids is 1. The normalized spacial score (nSPS) is 10.9. The van der Waals surface area contributed by atoms with Gasteiger partial charge in [-0.2, -0.15) is 0 Å². The first-order valence-electron chi connectivity index (χ1n) is 9.34. The molecular formula is C22H24N2O4. The number of nitrogens with zero attached hydrogens (tertiary/aromatic N) is 1. The van der Waals surface area contributed by atoms with Crippen LogP contribution in [-0.4, -0.2) is 34.8 Å². The molecule has 0 saturated heterocycles. The maximum Gasteiger partial charge on any atom is 0.323 e. The van der Waals surface area contributed by atoms with Crippen LogP contribution in [0.2, 0.25) is 0 Å². The topological polar surface area (TPSA) is 80.6 Å². The monoisotopic (exact) mass is 380 g/mol. The number of aliphatic carboxylic acids is 1. The van der Waals surface area contributed by atoms with Crippen molar-refractivity contribution in [3.8, 4) is 0 Å². The second-order valence-electron chi connectivity index (χ2n) is 6.61. The number of amides is 1. The average Bonchev–Trinajstić information content (AvgIpc) is 3.07. The molecule has 0 bridgehead atoms. The molecule has 0 aliphatic rings. The van der Waals surface area contributed by atoms with Gasteiger partial charge in [0.1, 0.15) is 6.54 Å². The number of rotatable bonds is 10. The lowest BCUT2D eigenvalue weighted by Gasteiger charge is -2.07. The number of hydrogen-bond donors (Lipinski definition) is 2. The van der Waals surface area contributed by atoms with Crippen molar-refractivity contribution in [1.29, 1.82) is 0 Å². The molecule has 6 nitrogen and oxygen atoms in total. The molecule has 3 aromatic rings. The van der Waals surface area contributed by atoms with Crippen molar-refractivity contribution in [1.82, 2.24) is 4.57 Å². The minimum atomic E-state index is -0.888. The number of fused-ring (bicyclic) bond motifs is 1. The van der Waals surface area contributed by atoms with E-state index in [2.05, 4.69) is 17.4 Å². The molecule has 0 atom stereocenters. The Morgan fingerprint density at radius 3 is 2.64 bits per heavy atom. The standard InChI is InChI=1S/C22H24N2O4/c25-21(7-4-13-28-14-11-17-5-2-1-3-6-17)23-19-8-9-20-18(15-19)10-12-24(20)16-22(26)27/h1-3,5-6,8-10,12,15H,4,7,11,13-14,16H2,(H,23,25)(H,26,27). The molecule has 0 aliphatic heterocycles. The number of ether oxygens (including phenoxy) is 1. The highest BCUT2D eigenvalue weighted by Crippen LogP contribution is 2.20. The molecule has 28 heavy (non-hydrogen) atoms. The molecule has 1 amide bonds. The van der Waals surface area contributed by atoms with Crippen molar-refractivity contribution in [3.05, 3.63) is 66.4 Å². The average molecular weight is 380 g/mol. The third-order valence-corrected chi connectivity index (χ3v) is 4.43. The number of aromatic nitrogens is 1. The van der Waals surface area contributed by atoms with Crippen molar-refractivity contribution in [2.24, 2.45) is 0 Å². The number of benzene rings is 2. The SMILES string of the molecule is O=C(O)Cn1ccc2cc(NC(=O)CCCOCCc3ccccc3)ccc21. The Morgan fingerprint density at radius 1 is 1.04 bits per heavy atom. The molecule has 0 spiro atoms. The van der Waals surface area contributed by atoms with Crippen molar-refractivity contribution in [2.75, 3.05) is 18.5 Å². The Balaban J connectivity index is 1.39. The first-order chi connectivity index (χ1) is 13.6. The fraction of sp³-hybridized carbons (Fsp3) is 0.273. The van der Waals surface area contributed by atoms with E-state index in [0.29, 0.717) is 31.7 Å². The van der Waals surface area contributed by atoms with Gasteiger partial charge < -0.3 is 19.7 Å². The van der Waals surface area contributed by atoms with Crippen molar-refractivity contribution in [2.45, 2.75) is 25.8 Å². The molecule has 146 valence electrons. The zero-order valence-electron chi connectivity index (χ0n) is 15.6. The zero-order valence-corrected chi connectivity index (χ0v) is 15.6. The maximum atomic E-state index is 12.1. The van der Waals surface area contributed by atoms with Crippen molar-refractivity contribution in [3.63, 3.8) is 0 Å². The highest BCUT2D eigenvalue weighted by molar-refractivity contribution is 5.94. The van der Waals surface area contributed by atoms with Gasteiger partial charge in [-0.25, -0.2) is 0 Å². The summed E-state index contributed by atoms with van der Waals surface area (Å²) in [4.78, 5) is 23.0. The van der Waals surface area contributed by atoms with Crippen LogP contribution in [-0.2, 0) is 27.3 Å². The third-order valence-electron chi connectivity index (χ3n) is 4.43. The molecule has 0 fully saturated rings. The van der Waals surface area contributed by atoms with Crippen LogP contribution in [0.1, 0.15) is 18.4 Å². The summed E-state index contributed by atoms with van der Waals surface area (Å²) < 4.78 is 7.26. The summed E-state index contributed by atoms with van der Waals surface area (Å²) in [7, 11) is 0. The summed E-state index contributed by atoms with van der Waals surface area (Å²) in [6.45, 7) is 1.12. The highest BCUT2D eigenvalue weighted by Gasteiger charge is 2.07. The minimum absolute atomic E-state index is 0.0593. The summed E-state index contributed by atoms with van der Waals surface area (Å²) in [6.07, 6.45) is 3.66. The summed E-state index contributed by atoms with van der Waals surface area (Å²) in [5.74, 6) is -0.947. The van der Waals surface area contributed by atoms with Gasteiger partial charge in [0.2, 0.25) is 5.91 Å². The summed E-state index contributed by atoms with van der Waals surface area (Å²) >= 11 is 0. The molecule has 1 heterocycles. The molecule has 1 aromatic heterocycles. The predicted octanol–water partition coefficient (Wildman–Crippen LogP) is 3.70. The fourth-order valence-corrected chi connectivity index (χ4v) is 3.06. The molecule has 6 heteroatoms. The largest absolute Gasteiger partial charge is 0.480 e. The van der Waals surface area contributed by atoms with Gasteiger partial charge in [0, 0.05) is 35.8 Å². The number of hydrogen-bond acceptors (Lipinski definition) is 3. The van der Waals surface area contributed by atoms with E-state index in [1.54, 1.807) is 16.8 Å². The van der Waals surface area contributed by atoms with Crippen LogP contribution >= 0.6 is 0 Å². The summed E-state index contributed by atoms with van der Waals surface area (Å²) in [5, 5.41) is 12.7. The van der Waals surface area contributed by atoms with Crippen LogP contribution in [0.4, 0.5) is 5.69 Å². The molecule has 3 rings (SSSR count). The third kappa shape index (κ3) is 5.69. The molecule has 2 aromatic carbocycles. The van der Waals surface area contributed by atoms with E-state index in [0.717, 1.165) is 17.3 Å². The molecular weight excluding hydrogens is 356 g/mol. The number of anilines is 1. The number of carbonyl (C=O) groups is 2. The molecule has 0 saturated carbocycles. The lowest BCUT2D eigenvalue weighted by atomic mass is 10.2. The van der Waals surface area contributed by atoms with Gasteiger partial charge in [-0.3, -0.25) is 9.59 Å². The lowest BCUT2D eigenvalue weighted by molar-refractivity contribution is -0.137. The second kappa shape index (κ2) is 9.71. The summed E-state index contributed by atoms with van der Waals surface area (Å²) in [5.41, 5.74) is 2.77. The second-order valence-corrected chi connectivity index (χ2v) is 6.61. The predicted molar refractivity (Wildman–Crippen MR) is 108 cm³/mol. The van der Waals surface area contributed by atoms with Crippen molar-refractivity contribution < 1.29 is 19.4 Å². The van der Waals surface area contributed by atoms with E-state index in [1.807, 2.05) is 36.4 Å². The van der Waals surface area contributed by atoms with Gasteiger partial charge in [0.15, 0.2) is 0 Å². The highest BCUT2D eigenvalue weighted by atomic mass is 16.5. The van der Waals surface area contributed by atoms with E-state index >= 15 is 0 Å². The van der Waals surface area contributed by atoms with Gasteiger partial charge in [0.05, 0.1) is 6.61 Å². The van der Waals surface area contributed by atoms with E-state index in [9.17, 15) is 9.59 Å². The Labute approximate surface area is 163 Å². The van der Waals surface area contributed by atoms with E-state index < -0.39 is 5.97 Å². The fourth-order valence-electron chi connectivity index (χ4n) is 3.06. The molecule has 0 aliphatic carbocycles. The van der Waals surface area contributed by atoms with Crippen LogP contribution in [0.25, 0.3) is 10.9 Å². The Morgan fingerprint density at radius 2 is 1.86 bits per heavy atom. The smallest absolute Gasteiger partial charge is 0.323 e. The lowest BCUT2D eigenvalue weighted by Crippen LogP contribution is -2.12. The number of carboxylic acid groups (broad SMARTS) is 1. The zero-order chi connectivity index (χ0) is 19.8. The molecule has 0 radical (unpaired) electrons. The molecule has 2 N–H and O–H groups in total.